The van der Waals surface area contributed by atoms with Gasteiger partial charge in [0.25, 0.3) is 5.91 Å². The molecule has 0 radical (unpaired) electrons. The molecule has 0 atom stereocenters. The molecule has 0 bridgehead atoms. The standard InChI is InChI=1S/C20H26N4OS.HI/c1-21-19(25)17-9-5-15(6-10-17)13-23-20(22-2)24(3)14-16-7-11-18(26-4)12-8-16;/h5-12H,13-14H2,1-4H3,(H,21,25)(H,22,23);1H. The fourth-order valence-electron chi connectivity index (χ4n) is 2.56. The Morgan fingerprint density at radius 1 is 1.07 bits per heavy atom. The molecule has 27 heavy (non-hydrogen) atoms. The van der Waals surface area contributed by atoms with Crippen LogP contribution >= 0.6 is 35.7 Å². The van der Waals surface area contributed by atoms with Gasteiger partial charge in [-0.1, -0.05) is 24.3 Å². The third-order valence-corrected chi connectivity index (χ3v) is 4.79. The van der Waals surface area contributed by atoms with Crippen molar-refractivity contribution in [1.82, 2.24) is 15.5 Å². The summed E-state index contributed by atoms with van der Waals surface area (Å²) in [6.45, 7) is 1.43. The summed E-state index contributed by atoms with van der Waals surface area (Å²) in [4.78, 5) is 19.3. The van der Waals surface area contributed by atoms with Gasteiger partial charge in [-0.25, -0.2) is 0 Å². The first-order valence-corrected chi connectivity index (χ1v) is 9.65. The Hall–Kier alpha value is -1.74. The zero-order valence-corrected chi connectivity index (χ0v) is 19.3. The van der Waals surface area contributed by atoms with Gasteiger partial charge in [0.05, 0.1) is 0 Å². The van der Waals surface area contributed by atoms with Crippen LogP contribution in [0.4, 0.5) is 0 Å². The molecule has 2 rings (SSSR count). The van der Waals surface area contributed by atoms with E-state index in [1.54, 1.807) is 25.9 Å². The monoisotopic (exact) mass is 498 g/mol. The van der Waals surface area contributed by atoms with Crippen LogP contribution in [0, 0.1) is 0 Å². The van der Waals surface area contributed by atoms with E-state index in [-0.39, 0.29) is 29.9 Å². The maximum absolute atomic E-state index is 11.6. The van der Waals surface area contributed by atoms with Crippen LogP contribution in [0.5, 0.6) is 0 Å². The van der Waals surface area contributed by atoms with E-state index in [0.29, 0.717) is 12.1 Å². The Morgan fingerprint density at radius 2 is 1.67 bits per heavy atom. The summed E-state index contributed by atoms with van der Waals surface area (Å²) in [7, 11) is 5.43. The number of nitrogens with one attached hydrogen (secondary N) is 2. The molecule has 0 aliphatic heterocycles. The van der Waals surface area contributed by atoms with Crippen molar-refractivity contribution in [3.05, 3.63) is 65.2 Å². The summed E-state index contributed by atoms with van der Waals surface area (Å²) < 4.78 is 0. The zero-order valence-electron chi connectivity index (χ0n) is 16.2. The van der Waals surface area contributed by atoms with Gasteiger partial charge in [0.2, 0.25) is 0 Å². The van der Waals surface area contributed by atoms with Crippen molar-refractivity contribution in [2.45, 2.75) is 18.0 Å². The average Bonchev–Trinajstić information content (AvgIpc) is 2.69. The molecule has 2 N–H and O–H groups in total. The lowest BCUT2D eigenvalue weighted by Gasteiger charge is -2.22. The number of benzene rings is 2. The van der Waals surface area contributed by atoms with E-state index in [2.05, 4.69) is 51.0 Å². The van der Waals surface area contributed by atoms with Gasteiger partial charge in [-0.3, -0.25) is 9.79 Å². The topological polar surface area (TPSA) is 56.7 Å². The van der Waals surface area contributed by atoms with Gasteiger partial charge in [-0.15, -0.1) is 35.7 Å². The van der Waals surface area contributed by atoms with Crippen molar-refractivity contribution in [2.75, 3.05) is 27.4 Å². The predicted octanol–water partition coefficient (Wildman–Crippen LogP) is 3.59. The molecule has 0 fully saturated rings. The smallest absolute Gasteiger partial charge is 0.251 e. The van der Waals surface area contributed by atoms with Gasteiger partial charge in [0.1, 0.15) is 0 Å². The fraction of sp³-hybridized carbons (Fsp3) is 0.300. The van der Waals surface area contributed by atoms with E-state index in [0.717, 1.165) is 18.1 Å². The maximum atomic E-state index is 11.6. The van der Waals surface area contributed by atoms with Crippen molar-refractivity contribution in [3.8, 4) is 0 Å². The molecule has 2 aromatic carbocycles. The van der Waals surface area contributed by atoms with E-state index >= 15 is 0 Å². The molecule has 0 spiro atoms. The normalized spacial score (nSPS) is 10.7. The van der Waals surface area contributed by atoms with E-state index in [4.69, 9.17) is 0 Å². The lowest BCUT2D eigenvalue weighted by atomic mass is 10.1. The highest BCUT2D eigenvalue weighted by molar-refractivity contribution is 14.0. The summed E-state index contributed by atoms with van der Waals surface area (Å²) in [6.07, 6.45) is 2.08. The van der Waals surface area contributed by atoms with Gasteiger partial charge < -0.3 is 15.5 Å². The Kier molecular flexibility index (Phi) is 10.2. The minimum Gasteiger partial charge on any atom is -0.355 e. The number of carbonyl (C=O) groups is 1. The van der Waals surface area contributed by atoms with Crippen molar-refractivity contribution in [2.24, 2.45) is 4.99 Å². The Bertz CT molecular complexity index is 748. The lowest BCUT2D eigenvalue weighted by molar-refractivity contribution is 0.0963. The van der Waals surface area contributed by atoms with Crippen LogP contribution in [0.3, 0.4) is 0 Å². The number of nitrogens with zero attached hydrogens (tertiary/aromatic N) is 2. The molecule has 0 saturated heterocycles. The van der Waals surface area contributed by atoms with E-state index < -0.39 is 0 Å². The van der Waals surface area contributed by atoms with Crippen LogP contribution in [-0.2, 0) is 13.1 Å². The van der Waals surface area contributed by atoms with Gasteiger partial charge in [-0.2, -0.15) is 0 Å². The number of thioether (sulfide) groups is 1. The molecule has 146 valence electrons. The van der Waals surface area contributed by atoms with Crippen LogP contribution in [0.2, 0.25) is 0 Å². The Morgan fingerprint density at radius 3 is 2.19 bits per heavy atom. The SMILES string of the molecule is CN=C(NCc1ccc(C(=O)NC)cc1)N(C)Cc1ccc(SC)cc1.I. The lowest BCUT2D eigenvalue weighted by Crippen LogP contribution is -2.38. The molecule has 0 saturated carbocycles. The molecule has 0 aliphatic rings. The second-order valence-corrected chi connectivity index (χ2v) is 6.76. The van der Waals surface area contributed by atoms with Crippen LogP contribution in [-0.4, -0.2) is 44.2 Å². The van der Waals surface area contributed by atoms with Crippen molar-refractivity contribution < 1.29 is 4.79 Å². The summed E-state index contributed by atoms with van der Waals surface area (Å²) in [5.74, 6) is 0.752. The van der Waals surface area contributed by atoms with E-state index in [1.807, 2.05) is 31.3 Å². The number of hydrogen-bond acceptors (Lipinski definition) is 3. The highest BCUT2D eigenvalue weighted by atomic mass is 127. The van der Waals surface area contributed by atoms with E-state index in [9.17, 15) is 4.79 Å². The predicted molar refractivity (Wildman–Crippen MR) is 125 cm³/mol. The summed E-state index contributed by atoms with van der Waals surface area (Å²) in [6, 6.07) is 16.1. The van der Waals surface area contributed by atoms with Crippen molar-refractivity contribution in [1.29, 1.82) is 0 Å². The Labute approximate surface area is 183 Å². The van der Waals surface area contributed by atoms with Gasteiger partial charge >= 0.3 is 0 Å². The third kappa shape index (κ3) is 7.06. The zero-order chi connectivity index (χ0) is 18.9. The quantitative estimate of drug-likeness (QED) is 0.277. The molecular formula is C20H27IN4OS. The first-order valence-electron chi connectivity index (χ1n) is 8.43. The molecule has 2 aromatic rings. The summed E-state index contributed by atoms with van der Waals surface area (Å²) >= 11 is 1.74. The van der Waals surface area contributed by atoms with Crippen LogP contribution < -0.4 is 10.6 Å². The second kappa shape index (κ2) is 11.9. The Balaban J connectivity index is 0.00000364. The maximum Gasteiger partial charge on any atom is 0.251 e. The molecular weight excluding hydrogens is 471 g/mol. The average molecular weight is 498 g/mol. The van der Waals surface area contributed by atoms with Crippen LogP contribution in [0.25, 0.3) is 0 Å². The molecule has 0 aromatic heterocycles. The highest BCUT2D eigenvalue weighted by Crippen LogP contribution is 2.15. The first kappa shape index (κ1) is 23.3. The highest BCUT2D eigenvalue weighted by Gasteiger charge is 2.07. The number of rotatable bonds is 6. The number of amides is 1. The number of hydrogen-bond donors (Lipinski definition) is 2. The molecule has 7 heteroatoms. The largest absolute Gasteiger partial charge is 0.355 e. The van der Waals surface area contributed by atoms with Crippen molar-refractivity contribution in [3.63, 3.8) is 0 Å². The number of halogens is 1. The number of guanidine groups is 1. The van der Waals surface area contributed by atoms with Crippen LogP contribution in [0.1, 0.15) is 21.5 Å². The van der Waals surface area contributed by atoms with Crippen LogP contribution in [0.15, 0.2) is 58.4 Å². The number of aliphatic imine (C=N–C) groups is 1. The molecule has 0 unspecified atom stereocenters. The second-order valence-electron chi connectivity index (χ2n) is 5.88. The molecule has 0 heterocycles. The number of carbonyl (C=O) groups excluding carboxylic acids is 1. The fourth-order valence-corrected chi connectivity index (χ4v) is 2.97. The van der Waals surface area contributed by atoms with Gasteiger partial charge in [-0.05, 0) is 41.6 Å². The summed E-state index contributed by atoms with van der Waals surface area (Å²) in [5.41, 5.74) is 2.99. The minimum absolute atomic E-state index is 0. The van der Waals surface area contributed by atoms with Gasteiger partial charge in [0.15, 0.2) is 5.96 Å². The molecule has 5 nitrogen and oxygen atoms in total. The van der Waals surface area contributed by atoms with Gasteiger partial charge in [0, 0.05) is 44.7 Å². The first-order chi connectivity index (χ1) is 12.6. The molecule has 0 aliphatic carbocycles. The molecule has 1 amide bonds. The van der Waals surface area contributed by atoms with Crippen molar-refractivity contribution >= 4 is 47.6 Å². The third-order valence-electron chi connectivity index (χ3n) is 4.05. The van der Waals surface area contributed by atoms with E-state index in [1.165, 1.54) is 10.5 Å². The summed E-state index contributed by atoms with van der Waals surface area (Å²) in [5, 5.41) is 5.99. The minimum atomic E-state index is -0.0763.